The predicted molar refractivity (Wildman–Crippen MR) is 81.3 cm³/mol. The van der Waals surface area contributed by atoms with E-state index in [0.29, 0.717) is 5.78 Å². The van der Waals surface area contributed by atoms with E-state index in [9.17, 15) is 4.79 Å². The number of fused-ring (bicyclic) bond motifs is 3. The van der Waals surface area contributed by atoms with Crippen LogP contribution in [0.1, 0.15) is 30.1 Å². The summed E-state index contributed by atoms with van der Waals surface area (Å²) in [6.07, 6.45) is 5.79. The Morgan fingerprint density at radius 3 is 3.00 bits per heavy atom. The van der Waals surface area contributed by atoms with Gasteiger partial charge in [-0.05, 0) is 31.4 Å². The van der Waals surface area contributed by atoms with Gasteiger partial charge in [0.2, 0.25) is 0 Å². The van der Waals surface area contributed by atoms with Crippen LogP contribution in [0.15, 0.2) is 36.7 Å². The van der Waals surface area contributed by atoms with Crippen LogP contribution < -0.4 is 5.32 Å². The van der Waals surface area contributed by atoms with Crippen molar-refractivity contribution in [2.75, 3.05) is 5.32 Å². The molecule has 1 saturated carbocycles. The molecular formula is C17H19N3O. The van der Waals surface area contributed by atoms with Gasteiger partial charge in [0.25, 0.3) is 0 Å². The lowest BCUT2D eigenvalue weighted by Gasteiger charge is -2.31. The van der Waals surface area contributed by atoms with Gasteiger partial charge < -0.3 is 9.88 Å². The summed E-state index contributed by atoms with van der Waals surface area (Å²) in [6, 6.07) is 8.51. The van der Waals surface area contributed by atoms with Crippen molar-refractivity contribution in [3.63, 3.8) is 0 Å². The summed E-state index contributed by atoms with van der Waals surface area (Å²) in [7, 11) is 0. The second-order valence-corrected chi connectivity index (χ2v) is 6.12. The topological polar surface area (TPSA) is 46.9 Å². The molecule has 4 nitrogen and oxygen atoms in total. The number of aromatic nitrogens is 2. The molecule has 0 radical (unpaired) electrons. The van der Waals surface area contributed by atoms with E-state index in [1.807, 2.05) is 25.3 Å². The fraction of sp³-hybridized carbons (Fsp3) is 0.412. The zero-order chi connectivity index (χ0) is 14.4. The van der Waals surface area contributed by atoms with Crippen molar-refractivity contribution in [3.05, 3.63) is 48.0 Å². The number of nitrogens with one attached hydrogen (secondary N) is 1. The maximum atomic E-state index is 12.9. The molecule has 3 atom stereocenters. The van der Waals surface area contributed by atoms with Crippen molar-refractivity contribution in [2.45, 2.75) is 38.3 Å². The first kappa shape index (κ1) is 12.6. The minimum atomic E-state index is 0.0313. The van der Waals surface area contributed by atoms with Crippen molar-refractivity contribution >= 4 is 11.5 Å². The summed E-state index contributed by atoms with van der Waals surface area (Å²) in [6.45, 7) is 2.75. The van der Waals surface area contributed by atoms with E-state index in [2.05, 4.69) is 27.0 Å². The Hall–Kier alpha value is -2.10. The second-order valence-electron chi connectivity index (χ2n) is 6.12. The van der Waals surface area contributed by atoms with E-state index in [1.54, 1.807) is 6.20 Å². The van der Waals surface area contributed by atoms with Crippen LogP contribution in [0.5, 0.6) is 0 Å². The third-order valence-corrected chi connectivity index (χ3v) is 4.91. The minimum absolute atomic E-state index is 0.0313. The number of rotatable bonds is 2. The highest BCUT2D eigenvalue weighted by molar-refractivity contribution is 5.93. The molecular weight excluding hydrogens is 262 g/mol. The average Bonchev–Trinajstić information content (AvgIpc) is 3.06. The molecule has 0 spiro atoms. The monoisotopic (exact) mass is 281 g/mol. The van der Waals surface area contributed by atoms with E-state index >= 15 is 0 Å². The van der Waals surface area contributed by atoms with Crippen LogP contribution in [0.25, 0.3) is 0 Å². The number of ketones is 1. The molecule has 2 heterocycles. The van der Waals surface area contributed by atoms with E-state index < -0.39 is 0 Å². The molecule has 0 unspecified atom stereocenters. The molecule has 1 aliphatic carbocycles. The number of hydrogen-bond donors (Lipinski definition) is 1. The number of carbonyl (C=O) groups is 1. The molecule has 1 aromatic carbocycles. The Bertz CT molecular complexity index is 691. The van der Waals surface area contributed by atoms with E-state index in [-0.39, 0.29) is 17.9 Å². The van der Waals surface area contributed by atoms with Gasteiger partial charge in [0.05, 0.1) is 5.92 Å². The highest BCUT2D eigenvalue weighted by Crippen LogP contribution is 2.43. The quantitative estimate of drug-likeness (QED) is 0.920. The van der Waals surface area contributed by atoms with Gasteiger partial charge >= 0.3 is 0 Å². The third kappa shape index (κ3) is 1.97. The Morgan fingerprint density at radius 1 is 1.33 bits per heavy atom. The molecule has 2 aliphatic rings. The summed E-state index contributed by atoms with van der Waals surface area (Å²) in [5.41, 5.74) is 2.32. The van der Waals surface area contributed by atoms with Gasteiger partial charge in [0, 0.05) is 36.6 Å². The van der Waals surface area contributed by atoms with Gasteiger partial charge in [0.15, 0.2) is 0 Å². The van der Waals surface area contributed by atoms with E-state index in [4.69, 9.17) is 0 Å². The Morgan fingerprint density at radius 2 is 2.19 bits per heavy atom. The fourth-order valence-corrected chi connectivity index (χ4v) is 3.78. The SMILES string of the molecule is Cc1nccn1C[C@@H]1CC[C@@H]2Nc3ccccc3[C@@H]2C1=O. The van der Waals surface area contributed by atoms with Crippen LogP contribution in [0, 0.1) is 12.8 Å². The highest BCUT2D eigenvalue weighted by Gasteiger charge is 2.43. The van der Waals surface area contributed by atoms with Crippen LogP contribution in [0.4, 0.5) is 5.69 Å². The molecule has 108 valence electrons. The molecule has 1 fully saturated rings. The van der Waals surface area contributed by atoms with Gasteiger partial charge in [-0.2, -0.15) is 0 Å². The van der Waals surface area contributed by atoms with Crippen molar-refractivity contribution in [3.8, 4) is 0 Å². The van der Waals surface area contributed by atoms with Crippen LogP contribution in [-0.2, 0) is 11.3 Å². The Labute approximate surface area is 124 Å². The number of benzene rings is 1. The summed E-state index contributed by atoms with van der Waals surface area (Å²) in [5, 5.41) is 3.52. The number of hydrogen-bond acceptors (Lipinski definition) is 3. The van der Waals surface area contributed by atoms with Crippen LogP contribution in [0.2, 0.25) is 0 Å². The number of aryl methyl sites for hydroxylation is 1. The maximum absolute atomic E-state index is 12.9. The molecule has 0 bridgehead atoms. The van der Waals surface area contributed by atoms with Gasteiger partial charge in [0.1, 0.15) is 11.6 Å². The molecule has 2 aromatic rings. The first-order valence-electron chi connectivity index (χ1n) is 7.61. The smallest absolute Gasteiger partial charge is 0.147 e. The van der Waals surface area contributed by atoms with Crippen LogP contribution in [-0.4, -0.2) is 21.4 Å². The molecule has 21 heavy (non-hydrogen) atoms. The molecule has 1 aromatic heterocycles. The van der Waals surface area contributed by atoms with Gasteiger partial charge in [-0.25, -0.2) is 4.98 Å². The lowest BCUT2D eigenvalue weighted by atomic mass is 9.75. The first-order valence-corrected chi connectivity index (χ1v) is 7.61. The Balaban J connectivity index is 1.61. The summed E-state index contributed by atoms with van der Waals surface area (Å²) in [4.78, 5) is 17.2. The highest BCUT2D eigenvalue weighted by atomic mass is 16.1. The standard InChI is InChI=1S/C17H19N3O/c1-11-18-8-9-20(11)10-12-6-7-15-16(17(12)21)13-4-2-3-5-14(13)19-15/h2-5,8-9,12,15-16,19H,6-7,10H2,1H3/t12-,15-,16-/m0/s1. The summed E-state index contributed by atoms with van der Waals surface area (Å²) in [5.74, 6) is 1.50. The minimum Gasteiger partial charge on any atom is -0.381 e. The maximum Gasteiger partial charge on any atom is 0.147 e. The number of anilines is 1. The molecule has 1 N–H and O–H groups in total. The van der Waals surface area contributed by atoms with Crippen molar-refractivity contribution in [1.29, 1.82) is 0 Å². The molecule has 1 aliphatic heterocycles. The molecule has 4 heteroatoms. The average molecular weight is 281 g/mol. The van der Waals surface area contributed by atoms with Crippen LogP contribution in [0.3, 0.4) is 0 Å². The number of nitrogens with zero attached hydrogens (tertiary/aromatic N) is 2. The first-order chi connectivity index (χ1) is 10.2. The lowest BCUT2D eigenvalue weighted by Crippen LogP contribution is -2.38. The van der Waals surface area contributed by atoms with Crippen molar-refractivity contribution in [1.82, 2.24) is 9.55 Å². The van der Waals surface area contributed by atoms with Crippen LogP contribution >= 0.6 is 0 Å². The summed E-state index contributed by atoms with van der Waals surface area (Å²) < 4.78 is 2.09. The lowest BCUT2D eigenvalue weighted by molar-refractivity contribution is -0.126. The van der Waals surface area contributed by atoms with Crippen molar-refractivity contribution < 1.29 is 4.79 Å². The number of imidazole rings is 1. The normalized spacial score (nSPS) is 27.1. The zero-order valence-corrected chi connectivity index (χ0v) is 12.1. The summed E-state index contributed by atoms with van der Waals surface area (Å²) >= 11 is 0. The van der Waals surface area contributed by atoms with Gasteiger partial charge in [-0.3, -0.25) is 4.79 Å². The zero-order valence-electron chi connectivity index (χ0n) is 12.1. The fourth-order valence-electron chi connectivity index (χ4n) is 3.78. The van der Waals surface area contributed by atoms with Gasteiger partial charge in [-0.15, -0.1) is 0 Å². The molecule has 4 rings (SSSR count). The predicted octanol–water partition coefficient (Wildman–Crippen LogP) is 2.75. The molecule has 0 amide bonds. The van der Waals surface area contributed by atoms with E-state index in [1.165, 1.54) is 5.56 Å². The second kappa shape index (κ2) is 4.72. The van der Waals surface area contributed by atoms with Crippen molar-refractivity contribution in [2.24, 2.45) is 5.92 Å². The number of para-hydroxylation sites is 1. The van der Waals surface area contributed by atoms with Gasteiger partial charge in [-0.1, -0.05) is 18.2 Å². The molecule has 0 saturated heterocycles. The third-order valence-electron chi connectivity index (χ3n) is 4.91. The number of carbonyl (C=O) groups excluding carboxylic acids is 1. The largest absolute Gasteiger partial charge is 0.381 e. The number of Topliss-reactive ketones (excluding diaryl/α,β-unsaturated/α-hetero) is 1. The Kier molecular flexibility index (Phi) is 2.84. The van der Waals surface area contributed by atoms with E-state index in [0.717, 1.165) is 30.9 Å².